The quantitative estimate of drug-likeness (QED) is 0.641. The summed E-state index contributed by atoms with van der Waals surface area (Å²) in [6.45, 7) is 0.445. The Labute approximate surface area is 120 Å². The van der Waals surface area contributed by atoms with E-state index in [-0.39, 0.29) is 12.0 Å². The molecule has 4 nitrogen and oxygen atoms in total. The summed E-state index contributed by atoms with van der Waals surface area (Å²) in [4.78, 5) is 17.4. The van der Waals surface area contributed by atoms with Crippen molar-refractivity contribution in [1.82, 2.24) is 5.48 Å². The minimum Gasteiger partial charge on any atom is -0.468 e. The predicted octanol–water partition coefficient (Wildman–Crippen LogP) is 2.83. The molecule has 0 spiro atoms. The molecule has 1 aliphatic carbocycles. The molecule has 0 saturated heterocycles. The summed E-state index contributed by atoms with van der Waals surface area (Å²) in [5, 5.41) is 0. The first-order chi connectivity index (χ1) is 9.81. The van der Waals surface area contributed by atoms with Gasteiger partial charge in [-0.3, -0.25) is 9.63 Å². The molecule has 1 fully saturated rings. The van der Waals surface area contributed by atoms with Gasteiger partial charge in [-0.1, -0.05) is 49.6 Å². The van der Waals surface area contributed by atoms with Crippen molar-refractivity contribution in [1.29, 1.82) is 0 Å². The van der Waals surface area contributed by atoms with Crippen molar-refractivity contribution in [2.75, 3.05) is 7.11 Å². The fourth-order valence-corrected chi connectivity index (χ4v) is 2.72. The van der Waals surface area contributed by atoms with E-state index >= 15 is 0 Å². The highest BCUT2D eigenvalue weighted by molar-refractivity contribution is 5.75. The second kappa shape index (κ2) is 8.02. The van der Waals surface area contributed by atoms with Crippen LogP contribution in [0.25, 0.3) is 0 Å². The minimum atomic E-state index is -0.357. The van der Waals surface area contributed by atoms with Crippen molar-refractivity contribution < 1.29 is 14.4 Å². The zero-order valence-electron chi connectivity index (χ0n) is 12.0. The number of methoxy groups -OCH3 is 1. The van der Waals surface area contributed by atoms with Gasteiger partial charge in [-0.2, -0.15) is 5.48 Å². The van der Waals surface area contributed by atoms with Gasteiger partial charge in [-0.05, 0) is 24.3 Å². The average molecular weight is 277 g/mol. The standard InChI is InChI=1S/C16H23NO3/c1-19-16(18)15(14-10-6-3-7-11-14)17-20-12-13-8-4-2-5-9-13/h2,4-5,8-9,14-15,17H,3,6-7,10-12H2,1H3/t15-/m1/s1. The third-order valence-corrected chi connectivity index (χ3v) is 3.87. The van der Waals surface area contributed by atoms with E-state index in [1.807, 2.05) is 30.3 Å². The SMILES string of the molecule is COC(=O)[C@H](NOCc1ccccc1)C1CCCCC1. The Morgan fingerprint density at radius 1 is 1.25 bits per heavy atom. The molecular weight excluding hydrogens is 254 g/mol. The lowest BCUT2D eigenvalue weighted by atomic mass is 9.84. The zero-order chi connectivity index (χ0) is 14.2. The third-order valence-electron chi connectivity index (χ3n) is 3.87. The van der Waals surface area contributed by atoms with Crippen LogP contribution in [0.4, 0.5) is 0 Å². The lowest BCUT2D eigenvalue weighted by molar-refractivity contribution is -0.151. The predicted molar refractivity (Wildman–Crippen MR) is 76.7 cm³/mol. The Morgan fingerprint density at radius 2 is 1.95 bits per heavy atom. The molecule has 4 heteroatoms. The molecule has 1 aromatic carbocycles. The summed E-state index contributed by atoms with van der Waals surface area (Å²) in [7, 11) is 1.43. The Morgan fingerprint density at radius 3 is 2.60 bits per heavy atom. The van der Waals surface area contributed by atoms with Gasteiger partial charge in [-0.25, -0.2) is 0 Å². The number of hydrogen-bond donors (Lipinski definition) is 1. The number of hydrogen-bond acceptors (Lipinski definition) is 4. The van der Waals surface area contributed by atoms with E-state index in [1.54, 1.807) is 0 Å². The molecule has 1 aliphatic rings. The first-order valence-electron chi connectivity index (χ1n) is 7.30. The van der Waals surface area contributed by atoms with Crippen LogP contribution in [0, 0.1) is 5.92 Å². The highest BCUT2D eigenvalue weighted by Gasteiger charge is 2.30. The Hall–Kier alpha value is -1.39. The summed E-state index contributed by atoms with van der Waals surface area (Å²) in [5.41, 5.74) is 3.99. The van der Waals surface area contributed by atoms with Gasteiger partial charge >= 0.3 is 5.97 Å². The Kier molecular flexibility index (Phi) is 6.02. The molecule has 20 heavy (non-hydrogen) atoms. The highest BCUT2D eigenvalue weighted by Crippen LogP contribution is 2.27. The molecule has 0 bridgehead atoms. The van der Waals surface area contributed by atoms with Crippen LogP contribution in [0.2, 0.25) is 0 Å². The van der Waals surface area contributed by atoms with E-state index in [0.717, 1.165) is 18.4 Å². The molecule has 0 heterocycles. The topological polar surface area (TPSA) is 47.6 Å². The van der Waals surface area contributed by atoms with E-state index < -0.39 is 0 Å². The average Bonchev–Trinajstić information content (AvgIpc) is 2.53. The summed E-state index contributed by atoms with van der Waals surface area (Å²) in [5.74, 6) is 0.0805. The maximum Gasteiger partial charge on any atom is 0.325 e. The number of esters is 1. The molecular formula is C16H23NO3. The van der Waals surface area contributed by atoms with E-state index in [2.05, 4.69) is 5.48 Å². The molecule has 0 aromatic heterocycles. The molecule has 0 amide bonds. The Balaban J connectivity index is 1.85. The normalized spacial score (nSPS) is 17.6. The molecule has 2 rings (SSSR count). The van der Waals surface area contributed by atoms with E-state index in [0.29, 0.717) is 12.5 Å². The number of benzene rings is 1. The first kappa shape index (κ1) is 15.0. The van der Waals surface area contributed by atoms with Crippen molar-refractivity contribution in [3.63, 3.8) is 0 Å². The summed E-state index contributed by atoms with van der Waals surface area (Å²) >= 11 is 0. The van der Waals surface area contributed by atoms with E-state index in [4.69, 9.17) is 9.57 Å². The van der Waals surface area contributed by atoms with Crippen molar-refractivity contribution in [3.05, 3.63) is 35.9 Å². The molecule has 1 atom stereocenters. The molecule has 0 aliphatic heterocycles. The van der Waals surface area contributed by atoms with Gasteiger partial charge in [-0.15, -0.1) is 0 Å². The molecule has 0 unspecified atom stereocenters. The summed E-state index contributed by atoms with van der Waals surface area (Å²) < 4.78 is 4.89. The monoisotopic (exact) mass is 277 g/mol. The molecule has 1 saturated carbocycles. The molecule has 1 N–H and O–H groups in total. The second-order valence-corrected chi connectivity index (χ2v) is 5.29. The maximum absolute atomic E-state index is 11.9. The van der Waals surface area contributed by atoms with Crippen LogP contribution >= 0.6 is 0 Å². The van der Waals surface area contributed by atoms with E-state index in [9.17, 15) is 4.79 Å². The highest BCUT2D eigenvalue weighted by atomic mass is 16.6. The number of ether oxygens (including phenoxy) is 1. The number of hydroxylamine groups is 1. The zero-order valence-corrected chi connectivity index (χ0v) is 12.0. The van der Waals surface area contributed by atoms with Crippen molar-refractivity contribution in [2.24, 2.45) is 5.92 Å². The van der Waals surface area contributed by atoms with Crippen molar-refractivity contribution in [3.8, 4) is 0 Å². The van der Waals surface area contributed by atoms with Gasteiger partial charge in [0.2, 0.25) is 0 Å². The third kappa shape index (κ3) is 4.32. The lowest BCUT2D eigenvalue weighted by Gasteiger charge is -2.28. The van der Waals surface area contributed by atoms with Crippen LogP contribution in [0.1, 0.15) is 37.7 Å². The molecule has 110 valence electrons. The van der Waals surface area contributed by atoms with Crippen LogP contribution in [0.3, 0.4) is 0 Å². The maximum atomic E-state index is 11.9. The van der Waals surface area contributed by atoms with Crippen LogP contribution in [-0.2, 0) is 21.0 Å². The Bertz CT molecular complexity index is 401. The van der Waals surface area contributed by atoms with Crippen LogP contribution in [0.15, 0.2) is 30.3 Å². The fraction of sp³-hybridized carbons (Fsp3) is 0.562. The van der Waals surface area contributed by atoms with Gasteiger partial charge in [0.05, 0.1) is 13.7 Å². The number of carbonyl (C=O) groups is 1. The van der Waals surface area contributed by atoms with Gasteiger partial charge in [0.1, 0.15) is 6.04 Å². The smallest absolute Gasteiger partial charge is 0.325 e. The molecule has 0 radical (unpaired) electrons. The largest absolute Gasteiger partial charge is 0.468 e. The summed E-state index contributed by atoms with van der Waals surface area (Å²) in [6, 6.07) is 9.54. The van der Waals surface area contributed by atoms with Crippen LogP contribution in [0.5, 0.6) is 0 Å². The van der Waals surface area contributed by atoms with Crippen LogP contribution in [-0.4, -0.2) is 19.1 Å². The number of carbonyl (C=O) groups excluding carboxylic acids is 1. The first-order valence-corrected chi connectivity index (χ1v) is 7.30. The minimum absolute atomic E-state index is 0.232. The van der Waals surface area contributed by atoms with Gasteiger partial charge in [0.15, 0.2) is 0 Å². The van der Waals surface area contributed by atoms with E-state index in [1.165, 1.54) is 26.4 Å². The van der Waals surface area contributed by atoms with Crippen molar-refractivity contribution in [2.45, 2.75) is 44.8 Å². The second-order valence-electron chi connectivity index (χ2n) is 5.29. The number of rotatable bonds is 6. The van der Waals surface area contributed by atoms with Gasteiger partial charge in [0, 0.05) is 0 Å². The van der Waals surface area contributed by atoms with Crippen LogP contribution < -0.4 is 5.48 Å². The van der Waals surface area contributed by atoms with Gasteiger partial charge in [0.25, 0.3) is 0 Å². The molecule has 1 aromatic rings. The van der Waals surface area contributed by atoms with Gasteiger partial charge < -0.3 is 4.74 Å². The lowest BCUT2D eigenvalue weighted by Crippen LogP contribution is -2.44. The number of nitrogens with one attached hydrogen (secondary N) is 1. The fourth-order valence-electron chi connectivity index (χ4n) is 2.72. The van der Waals surface area contributed by atoms with Crippen molar-refractivity contribution >= 4 is 5.97 Å². The summed E-state index contributed by atoms with van der Waals surface area (Å²) in [6.07, 6.45) is 5.73.